The van der Waals surface area contributed by atoms with Gasteiger partial charge < -0.3 is 10.2 Å². The molecular formula is C24H36N6. The molecule has 1 N–H and O–H groups in total. The third-order valence-corrected chi connectivity index (χ3v) is 7.94. The van der Waals surface area contributed by atoms with Gasteiger partial charge >= 0.3 is 0 Å². The quantitative estimate of drug-likeness (QED) is 0.773. The van der Waals surface area contributed by atoms with Gasteiger partial charge in [0.1, 0.15) is 5.82 Å². The van der Waals surface area contributed by atoms with Crippen LogP contribution in [0.3, 0.4) is 0 Å². The van der Waals surface area contributed by atoms with Gasteiger partial charge in [0.15, 0.2) is 0 Å². The maximum absolute atomic E-state index is 4.42. The first-order valence-corrected chi connectivity index (χ1v) is 11.9. The molecule has 0 aromatic carbocycles. The van der Waals surface area contributed by atoms with Crippen LogP contribution in [-0.2, 0) is 7.05 Å². The van der Waals surface area contributed by atoms with E-state index < -0.39 is 0 Å². The minimum absolute atomic E-state index is 0.607. The van der Waals surface area contributed by atoms with Crippen LogP contribution in [0.1, 0.15) is 57.1 Å². The molecule has 0 amide bonds. The molecule has 6 heteroatoms. The molecule has 1 atom stereocenters. The fourth-order valence-electron chi connectivity index (χ4n) is 5.90. The van der Waals surface area contributed by atoms with Gasteiger partial charge in [0.05, 0.1) is 11.4 Å². The maximum Gasteiger partial charge on any atom is 0.148 e. The van der Waals surface area contributed by atoms with Crippen molar-refractivity contribution in [2.75, 3.05) is 31.5 Å². The van der Waals surface area contributed by atoms with Gasteiger partial charge in [0, 0.05) is 31.9 Å². The van der Waals surface area contributed by atoms with Crippen LogP contribution in [-0.4, -0.2) is 51.1 Å². The Hall–Kier alpha value is -1.95. The Balaban J connectivity index is 1.08. The van der Waals surface area contributed by atoms with Crippen LogP contribution in [0, 0.1) is 24.2 Å². The lowest BCUT2D eigenvalue weighted by Gasteiger charge is -2.36. The number of hydrogen-bond donors (Lipinski definition) is 1. The highest BCUT2D eigenvalue weighted by Crippen LogP contribution is 2.59. The molecule has 5 rings (SSSR count). The zero-order valence-electron chi connectivity index (χ0n) is 18.6. The minimum Gasteiger partial charge on any atom is -0.368 e. The Morgan fingerprint density at radius 2 is 1.90 bits per heavy atom. The summed E-state index contributed by atoms with van der Waals surface area (Å²) in [4.78, 5) is 2.76. The molecule has 6 nitrogen and oxygen atoms in total. The van der Waals surface area contributed by atoms with E-state index >= 15 is 0 Å². The molecule has 0 radical (unpaired) electrons. The number of hydrogen-bond acceptors (Lipinski definition) is 5. The summed E-state index contributed by atoms with van der Waals surface area (Å²) >= 11 is 0. The Bertz CT molecular complexity index is 843. The molecule has 0 bridgehead atoms. The second-order valence-electron chi connectivity index (χ2n) is 10.1. The summed E-state index contributed by atoms with van der Waals surface area (Å²) in [5.74, 6) is 2.66. The van der Waals surface area contributed by atoms with E-state index in [0.717, 1.165) is 41.1 Å². The van der Waals surface area contributed by atoms with Crippen molar-refractivity contribution >= 4 is 5.82 Å². The number of aromatic nitrogens is 4. The second kappa shape index (κ2) is 8.29. The molecule has 1 aliphatic heterocycles. The normalized spacial score (nSPS) is 24.3. The molecule has 1 saturated heterocycles. The molecule has 3 heterocycles. The molecule has 3 fully saturated rings. The Morgan fingerprint density at radius 3 is 2.57 bits per heavy atom. The fraction of sp³-hybridized carbons (Fsp3) is 0.708. The predicted octanol–water partition coefficient (Wildman–Crippen LogP) is 4.28. The standard InChI is InChI=1S/C24H36N6/c1-18-21(17-29(2)28-18)22-8-9-23(27-26-22)25-15-20-14-24(20)10-12-30(13-11-24)16-19-6-4-3-5-7-19/h8-9,17,19-20H,3-7,10-16H2,1-2H3,(H,25,27). The van der Waals surface area contributed by atoms with Gasteiger partial charge in [-0.3, -0.25) is 4.68 Å². The minimum atomic E-state index is 0.607. The van der Waals surface area contributed by atoms with Crippen molar-refractivity contribution in [2.24, 2.45) is 24.3 Å². The lowest BCUT2D eigenvalue weighted by Crippen LogP contribution is -2.39. The molecular weight excluding hydrogens is 372 g/mol. The number of anilines is 1. The first-order chi connectivity index (χ1) is 14.6. The Morgan fingerprint density at radius 1 is 1.10 bits per heavy atom. The lowest BCUT2D eigenvalue weighted by atomic mass is 9.86. The summed E-state index contributed by atoms with van der Waals surface area (Å²) < 4.78 is 1.82. The van der Waals surface area contributed by atoms with Gasteiger partial charge in [-0.15, -0.1) is 10.2 Å². The SMILES string of the molecule is Cc1nn(C)cc1-c1ccc(NCC2CC23CCN(CC2CCCCC2)CC3)nn1. The Labute approximate surface area is 180 Å². The molecule has 2 aromatic heterocycles. The van der Waals surface area contributed by atoms with Crippen molar-refractivity contribution in [1.82, 2.24) is 24.9 Å². The zero-order chi connectivity index (χ0) is 20.6. The topological polar surface area (TPSA) is 58.9 Å². The third kappa shape index (κ3) is 4.25. The second-order valence-corrected chi connectivity index (χ2v) is 10.1. The predicted molar refractivity (Wildman–Crippen MR) is 120 cm³/mol. The molecule has 2 aliphatic carbocycles. The highest BCUT2D eigenvalue weighted by Gasteiger charge is 2.54. The highest BCUT2D eigenvalue weighted by atomic mass is 15.3. The van der Waals surface area contributed by atoms with E-state index in [1.54, 1.807) is 0 Å². The number of aryl methyl sites for hydroxylation is 2. The number of nitrogens with one attached hydrogen (secondary N) is 1. The average Bonchev–Trinajstić information content (AvgIpc) is 3.33. The van der Waals surface area contributed by atoms with E-state index in [1.807, 2.05) is 30.9 Å². The summed E-state index contributed by atoms with van der Waals surface area (Å²) in [6.07, 6.45) is 13.5. The van der Waals surface area contributed by atoms with Gasteiger partial charge in [-0.05, 0) is 81.5 Å². The van der Waals surface area contributed by atoms with E-state index in [0.29, 0.717) is 5.41 Å². The van der Waals surface area contributed by atoms with Crippen LogP contribution in [0.5, 0.6) is 0 Å². The number of nitrogens with zero attached hydrogens (tertiary/aromatic N) is 5. The smallest absolute Gasteiger partial charge is 0.148 e. The highest BCUT2D eigenvalue weighted by molar-refractivity contribution is 5.61. The van der Waals surface area contributed by atoms with E-state index in [9.17, 15) is 0 Å². The van der Waals surface area contributed by atoms with Crippen molar-refractivity contribution < 1.29 is 0 Å². The first kappa shape index (κ1) is 20.0. The largest absolute Gasteiger partial charge is 0.368 e. The van der Waals surface area contributed by atoms with E-state index in [2.05, 4.69) is 31.6 Å². The van der Waals surface area contributed by atoms with E-state index in [-0.39, 0.29) is 0 Å². The van der Waals surface area contributed by atoms with E-state index in [4.69, 9.17) is 0 Å². The average molecular weight is 409 g/mol. The van der Waals surface area contributed by atoms with Crippen LogP contribution < -0.4 is 5.32 Å². The van der Waals surface area contributed by atoms with Gasteiger partial charge in [-0.1, -0.05) is 19.3 Å². The summed E-state index contributed by atoms with van der Waals surface area (Å²) in [5.41, 5.74) is 3.54. The molecule has 3 aliphatic rings. The molecule has 30 heavy (non-hydrogen) atoms. The van der Waals surface area contributed by atoms with Crippen LogP contribution in [0.4, 0.5) is 5.82 Å². The van der Waals surface area contributed by atoms with Crippen molar-refractivity contribution in [3.8, 4) is 11.3 Å². The summed E-state index contributed by atoms with van der Waals surface area (Å²) in [5, 5.41) is 16.8. The molecule has 2 saturated carbocycles. The van der Waals surface area contributed by atoms with Crippen LogP contribution in [0.15, 0.2) is 18.3 Å². The molecule has 162 valence electrons. The number of rotatable bonds is 6. The number of piperidine rings is 1. The van der Waals surface area contributed by atoms with Gasteiger partial charge in [-0.25, -0.2) is 0 Å². The molecule has 1 unspecified atom stereocenters. The van der Waals surface area contributed by atoms with Crippen molar-refractivity contribution in [1.29, 1.82) is 0 Å². The van der Waals surface area contributed by atoms with Gasteiger partial charge in [0.25, 0.3) is 0 Å². The maximum atomic E-state index is 4.42. The van der Waals surface area contributed by atoms with Gasteiger partial charge in [0.2, 0.25) is 0 Å². The molecule has 1 spiro atoms. The number of likely N-dealkylation sites (tertiary alicyclic amines) is 1. The molecule has 2 aromatic rings. The summed E-state index contributed by atoms with van der Waals surface area (Å²) in [6, 6.07) is 4.10. The van der Waals surface area contributed by atoms with Crippen LogP contribution in [0.25, 0.3) is 11.3 Å². The van der Waals surface area contributed by atoms with E-state index in [1.165, 1.54) is 71.0 Å². The van der Waals surface area contributed by atoms with Crippen molar-refractivity contribution in [3.63, 3.8) is 0 Å². The third-order valence-electron chi connectivity index (χ3n) is 7.94. The summed E-state index contributed by atoms with van der Waals surface area (Å²) in [7, 11) is 1.94. The fourth-order valence-corrected chi connectivity index (χ4v) is 5.90. The lowest BCUT2D eigenvalue weighted by molar-refractivity contribution is 0.131. The van der Waals surface area contributed by atoms with Crippen LogP contribution >= 0.6 is 0 Å². The summed E-state index contributed by atoms with van der Waals surface area (Å²) in [6.45, 7) is 7.02. The van der Waals surface area contributed by atoms with Crippen molar-refractivity contribution in [2.45, 2.75) is 58.3 Å². The monoisotopic (exact) mass is 408 g/mol. The van der Waals surface area contributed by atoms with Gasteiger partial charge in [-0.2, -0.15) is 5.10 Å². The zero-order valence-corrected chi connectivity index (χ0v) is 18.6. The Kier molecular flexibility index (Phi) is 5.52. The van der Waals surface area contributed by atoms with Crippen LogP contribution in [0.2, 0.25) is 0 Å². The first-order valence-electron chi connectivity index (χ1n) is 11.9. The van der Waals surface area contributed by atoms with Crippen molar-refractivity contribution in [3.05, 3.63) is 24.0 Å².